The minimum Gasteiger partial charge on any atom is -0.349 e. The lowest BCUT2D eigenvalue weighted by molar-refractivity contribution is -0.159. The molecular weight excluding hydrogens is 332 g/mol. The summed E-state index contributed by atoms with van der Waals surface area (Å²) < 4.78 is 11.3. The van der Waals surface area contributed by atoms with Crippen molar-refractivity contribution in [3.05, 3.63) is 12.7 Å². The molecule has 3 fully saturated rings. The molecule has 0 aromatic carbocycles. The van der Waals surface area contributed by atoms with Crippen LogP contribution in [-0.2, 0) is 23.9 Å². The number of fused-ring (bicyclic) bond motifs is 1. The van der Waals surface area contributed by atoms with Crippen molar-refractivity contribution >= 4 is 17.9 Å². The van der Waals surface area contributed by atoms with Crippen molar-refractivity contribution in [3.8, 4) is 0 Å². The summed E-state index contributed by atoms with van der Waals surface area (Å²) in [5, 5.41) is 0. The first-order chi connectivity index (χ1) is 12.2. The summed E-state index contributed by atoms with van der Waals surface area (Å²) in [6.07, 6.45) is 4.82. The molecule has 5 heteroatoms. The molecule has 1 saturated heterocycles. The molecule has 0 amide bonds. The second-order valence-corrected chi connectivity index (χ2v) is 8.86. The Balaban J connectivity index is 1.93. The van der Waals surface area contributed by atoms with E-state index in [4.69, 9.17) is 9.47 Å². The SMILES string of the molecule is C=C[C@](C)(CC(=O)[C@]1(C)[C@H](C)CC[C@@]2(C=O)CCC(=O)[C@H]21)C1OCCO1. The zero-order valence-electron chi connectivity index (χ0n) is 16.1. The van der Waals surface area contributed by atoms with Crippen LogP contribution in [0.1, 0.15) is 52.9 Å². The third kappa shape index (κ3) is 2.71. The molecule has 3 aliphatic rings. The lowest BCUT2D eigenvalue weighted by atomic mass is 9.50. The minimum absolute atomic E-state index is 0.0117. The van der Waals surface area contributed by atoms with Gasteiger partial charge in [-0.2, -0.15) is 0 Å². The van der Waals surface area contributed by atoms with Crippen LogP contribution in [-0.4, -0.2) is 37.4 Å². The smallest absolute Gasteiger partial charge is 0.166 e. The maximum Gasteiger partial charge on any atom is 0.166 e. The largest absolute Gasteiger partial charge is 0.349 e. The van der Waals surface area contributed by atoms with Gasteiger partial charge in [0.05, 0.1) is 13.2 Å². The predicted molar refractivity (Wildman–Crippen MR) is 96.4 cm³/mol. The topological polar surface area (TPSA) is 69.7 Å². The van der Waals surface area contributed by atoms with Crippen LogP contribution in [0.5, 0.6) is 0 Å². The zero-order valence-corrected chi connectivity index (χ0v) is 16.1. The third-order valence-corrected chi connectivity index (χ3v) is 7.40. The van der Waals surface area contributed by atoms with Gasteiger partial charge in [-0.25, -0.2) is 0 Å². The Kier molecular flexibility index (Phi) is 4.99. The van der Waals surface area contributed by atoms with Crippen LogP contribution in [0.3, 0.4) is 0 Å². The molecule has 2 aliphatic carbocycles. The molecule has 2 saturated carbocycles. The Hall–Kier alpha value is -1.33. The van der Waals surface area contributed by atoms with Crippen LogP contribution in [0.4, 0.5) is 0 Å². The first kappa shape index (κ1) is 19.4. The molecule has 1 aliphatic heterocycles. The average molecular weight is 362 g/mol. The van der Waals surface area contributed by atoms with Crippen LogP contribution < -0.4 is 0 Å². The maximum atomic E-state index is 13.6. The fourth-order valence-electron chi connectivity index (χ4n) is 5.38. The predicted octanol–water partition coefficient (Wildman–Crippen LogP) is 3.11. The normalized spacial score (nSPS) is 40.0. The molecule has 3 rings (SSSR count). The fourth-order valence-corrected chi connectivity index (χ4v) is 5.38. The zero-order chi connectivity index (χ0) is 19.2. The highest BCUT2D eigenvalue weighted by Gasteiger charge is 2.63. The van der Waals surface area contributed by atoms with Crippen LogP contribution in [0.15, 0.2) is 12.7 Å². The van der Waals surface area contributed by atoms with Gasteiger partial charge in [0.15, 0.2) is 6.29 Å². The summed E-state index contributed by atoms with van der Waals surface area (Å²) >= 11 is 0. The lowest BCUT2D eigenvalue weighted by Crippen LogP contribution is -2.55. The monoisotopic (exact) mass is 362 g/mol. The summed E-state index contributed by atoms with van der Waals surface area (Å²) in [5.41, 5.74) is -2.16. The molecule has 0 aromatic heterocycles. The lowest BCUT2D eigenvalue weighted by Gasteiger charge is -2.50. The van der Waals surface area contributed by atoms with E-state index < -0.39 is 28.5 Å². The number of ketones is 2. The third-order valence-electron chi connectivity index (χ3n) is 7.40. The van der Waals surface area contributed by atoms with Gasteiger partial charge in [-0.15, -0.1) is 6.58 Å². The van der Waals surface area contributed by atoms with E-state index in [1.807, 2.05) is 20.8 Å². The van der Waals surface area contributed by atoms with Crippen molar-refractivity contribution < 1.29 is 23.9 Å². The molecule has 0 bridgehead atoms. The molecule has 0 unspecified atom stereocenters. The van der Waals surface area contributed by atoms with Crippen molar-refractivity contribution in [1.29, 1.82) is 0 Å². The van der Waals surface area contributed by atoms with Crippen LogP contribution in [0, 0.1) is 28.1 Å². The number of carbonyl (C=O) groups excluding carboxylic acids is 3. The van der Waals surface area contributed by atoms with Crippen molar-refractivity contribution in [3.63, 3.8) is 0 Å². The van der Waals surface area contributed by atoms with E-state index >= 15 is 0 Å². The van der Waals surface area contributed by atoms with E-state index in [1.165, 1.54) is 0 Å². The molecular formula is C21H30O5. The summed E-state index contributed by atoms with van der Waals surface area (Å²) in [7, 11) is 0. The van der Waals surface area contributed by atoms with Gasteiger partial charge >= 0.3 is 0 Å². The molecule has 5 nitrogen and oxygen atoms in total. The number of hydrogen-bond acceptors (Lipinski definition) is 5. The maximum absolute atomic E-state index is 13.6. The van der Waals surface area contributed by atoms with E-state index in [1.54, 1.807) is 6.08 Å². The minimum atomic E-state index is -0.838. The van der Waals surface area contributed by atoms with Crippen LogP contribution in [0.25, 0.3) is 0 Å². The number of hydrogen-bond donors (Lipinski definition) is 0. The Morgan fingerprint density at radius 2 is 2.00 bits per heavy atom. The highest BCUT2D eigenvalue weighted by molar-refractivity contribution is 5.97. The van der Waals surface area contributed by atoms with Crippen molar-refractivity contribution in [1.82, 2.24) is 0 Å². The highest BCUT2D eigenvalue weighted by Crippen LogP contribution is 2.60. The van der Waals surface area contributed by atoms with Gasteiger partial charge in [-0.05, 0) is 25.2 Å². The summed E-state index contributed by atoms with van der Waals surface area (Å²) in [4.78, 5) is 38.3. The number of carbonyl (C=O) groups is 3. The standard InChI is InChI=1S/C21H30O5/c1-5-19(3,18-25-10-11-26-18)12-16(24)20(4)14(2)6-8-21(13-22)9-7-15(23)17(20)21/h5,13-14,17-18H,1,6-12H2,2-4H3/t14-,17+,19-,20+,21+/m1/s1. The highest BCUT2D eigenvalue weighted by atomic mass is 16.7. The van der Waals surface area contributed by atoms with Crippen molar-refractivity contribution in [2.75, 3.05) is 13.2 Å². The van der Waals surface area contributed by atoms with E-state index in [0.29, 0.717) is 32.5 Å². The summed E-state index contributed by atoms with van der Waals surface area (Å²) in [6, 6.07) is 0. The van der Waals surface area contributed by atoms with Crippen LogP contribution in [0.2, 0.25) is 0 Å². The van der Waals surface area contributed by atoms with E-state index in [-0.39, 0.29) is 23.9 Å². The summed E-state index contributed by atoms with van der Waals surface area (Å²) in [5.74, 6) is -0.385. The molecule has 0 radical (unpaired) electrons. The summed E-state index contributed by atoms with van der Waals surface area (Å²) in [6.45, 7) is 10.7. The molecule has 144 valence electrons. The van der Waals surface area contributed by atoms with Crippen LogP contribution >= 0.6 is 0 Å². The number of aldehydes is 1. The first-order valence-electron chi connectivity index (χ1n) is 9.63. The van der Waals surface area contributed by atoms with E-state index in [0.717, 1.165) is 12.7 Å². The number of ether oxygens (including phenoxy) is 2. The van der Waals surface area contributed by atoms with Gasteiger partial charge in [0.25, 0.3) is 0 Å². The van der Waals surface area contributed by atoms with Gasteiger partial charge in [0.2, 0.25) is 0 Å². The van der Waals surface area contributed by atoms with E-state index in [9.17, 15) is 14.4 Å². The average Bonchev–Trinajstić information content (AvgIpc) is 3.28. The Labute approximate surface area is 155 Å². The Bertz CT molecular complexity index is 622. The van der Waals surface area contributed by atoms with Gasteiger partial charge in [-0.3, -0.25) is 9.59 Å². The molecule has 0 spiro atoms. The van der Waals surface area contributed by atoms with Crippen molar-refractivity contribution in [2.45, 2.75) is 59.2 Å². The fraction of sp³-hybridized carbons (Fsp3) is 0.762. The van der Waals surface area contributed by atoms with Gasteiger partial charge in [-0.1, -0.05) is 26.8 Å². The molecule has 1 heterocycles. The Morgan fingerprint density at radius 3 is 2.58 bits per heavy atom. The van der Waals surface area contributed by atoms with Crippen molar-refractivity contribution in [2.24, 2.45) is 28.1 Å². The molecule has 0 aromatic rings. The van der Waals surface area contributed by atoms with Gasteiger partial charge in [0, 0.05) is 35.0 Å². The van der Waals surface area contributed by atoms with Gasteiger partial charge in [0.1, 0.15) is 17.9 Å². The number of Topliss-reactive ketones (excluding diaryl/α,β-unsaturated/α-hetero) is 2. The second kappa shape index (κ2) is 6.68. The molecule has 26 heavy (non-hydrogen) atoms. The van der Waals surface area contributed by atoms with E-state index in [2.05, 4.69) is 6.58 Å². The van der Waals surface area contributed by atoms with Gasteiger partial charge < -0.3 is 14.3 Å². The second-order valence-electron chi connectivity index (χ2n) is 8.86. The first-order valence-corrected chi connectivity index (χ1v) is 9.63. The Morgan fingerprint density at radius 1 is 1.35 bits per heavy atom. The quantitative estimate of drug-likeness (QED) is 0.536. The molecule has 0 N–H and O–H groups in total. The molecule has 5 atom stereocenters. The number of rotatable bonds is 6.